The molecule has 8 heteroatoms. The molecule has 1 aromatic rings. The van der Waals surface area contributed by atoms with Crippen molar-refractivity contribution in [3.63, 3.8) is 0 Å². The van der Waals surface area contributed by atoms with Crippen LogP contribution in [0.25, 0.3) is 0 Å². The molecule has 26 heavy (non-hydrogen) atoms. The van der Waals surface area contributed by atoms with Gasteiger partial charge in [-0.2, -0.15) is 0 Å². The van der Waals surface area contributed by atoms with Gasteiger partial charge in [-0.1, -0.05) is 12.1 Å². The summed E-state index contributed by atoms with van der Waals surface area (Å²) < 4.78 is 30.5. The summed E-state index contributed by atoms with van der Waals surface area (Å²) in [4.78, 5) is 14.5. The Morgan fingerprint density at radius 2 is 1.85 bits per heavy atom. The summed E-state index contributed by atoms with van der Waals surface area (Å²) in [5, 5.41) is 2.94. The van der Waals surface area contributed by atoms with E-state index in [0.29, 0.717) is 19.4 Å². The van der Waals surface area contributed by atoms with Gasteiger partial charge in [0, 0.05) is 40.2 Å². The molecule has 0 unspecified atom stereocenters. The third-order valence-corrected chi connectivity index (χ3v) is 6.25. The van der Waals surface area contributed by atoms with Crippen LogP contribution in [-0.2, 0) is 26.0 Å². The number of hydrogen-bond acceptors (Lipinski definition) is 5. The number of hydrogen-bond donors (Lipinski definition) is 1. The minimum absolute atomic E-state index is 0.0250. The fourth-order valence-corrected chi connectivity index (χ4v) is 3.64. The number of carbonyl (C=O) groups excluding carboxylic acids is 1. The van der Waals surface area contributed by atoms with Crippen LogP contribution in [0.5, 0.6) is 0 Å². The SMILES string of the molecule is CN(C)S(=O)(=O)c1ccc(CCC(=O)NCCCN2CCOCC2)cc1. The third-order valence-electron chi connectivity index (χ3n) is 4.42. The van der Waals surface area contributed by atoms with Crippen LogP contribution >= 0.6 is 0 Å². The van der Waals surface area contributed by atoms with E-state index in [4.69, 9.17) is 4.74 Å². The Kier molecular flexibility index (Phi) is 8.02. The van der Waals surface area contributed by atoms with Gasteiger partial charge in [0.2, 0.25) is 15.9 Å². The van der Waals surface area contributed by atoms with E-state index in [9.17, 15) is 13.2 Å². The summed E-state index contributed by atoms with van der Waals surface area (Å²) in [6, 6.07) is 6.71. The van der Waals surface area contributed by atoms with Crippen molar-refractivity contribution in [3.8, 4) is 0 Å². The van der Waals surface area contributed by atoms with E-state index in [2.05, 4.69) is 10.2 Å². The molecule has 0 aromatic heterocycles. The van der Waals surface area contributed by atoms with Crippen molar-refractivity contribution in [3.05, 3.63) is 29.8 Å². The first-order chi connectivity index (χ1) is 12.4. The average Bonchev–Trinajstić information content (AvgIpc) is 2.64. The predicted octanol–water partition coefficient (Wildman–Crippen LogP) is 0.708. The molecule has 2 rings (SSSR count). The fraction of sp³-hybridized carbons (Fsp3) is 0.611. The normalized spacial score (nSPS) is 16.0. The summed E-state index contributed by atoms with van der Waals surface area (Å²) in [6.07, 6.45) is 1.93. The van der Waals surface area contributed by atoms with Crippen molar-refractivity contribution in [2.75, 3.05) is 53.5 Å². The molecule has 0 spiro atoms. The summed E-state index contributed by atoms with van der Waals surface area (Å²) in [5.74, 6) is 0.0250. The van der Waals surface area contributed by atoms with Gasteiger partial charge >= 0.3 is 0 Å². The van der Waals surface area contributed by atoms with Gasteiger partial charge in [0.15, 0.2) is 0 Å². The molecule has 0 atom stereocenters. The van der Waals surface area contributed by atoms with E-state index >= 15 is 0 Å². The van der Waals surface area contributed by atoms with Crippen LogP contribution in [0, 0.1) is 0 Å². The van der Waals surface area contributed by atoms with Crippen LogP contribution in [0.2, 0.25) is 0 Å². The minimum Gasteiger partial charge on any atom is -0.379 e. The highest BCUT2D eigenvalue weighted by molar-refractivity contribution is 7.89. The lowest BCUT2D eigenvalue weighted by Crippen LogP contribution is -2.38. The molecule has 0 bridgehead atoms. The summed E-state index contributed by atoms with van der Waals surface area (Å²) >= 11 is 0. The highest BCUT2D eigenvalue weighted by atomic mass is 32.2. The summed E-state index contributed by atoms with van der Waals surface area (Å²) in [7, 11) is -0.394. The van der Waals surface area contributed by atoms with Crippen molar-refractivity contribution in [1.29, 1.82) is 0 Å². The van der Waals surface area contributed by atoms with Crippen LogP contribution in [0.4, 0.5) is 0 Å². The molecule has 0 radical (unpaired) electrons. The second-order valence-corrected chi connectivity index (χ2v) is 8.74. The number of morpholine rings is 1. The highest BCUT2D eigenvalue weighted by Crippen LogP contribution is 2.14. The van der Waals surface area contributed by atoms with Crippen molar-refractivity contribution in [1.82, 2.24) is 14.5 Å². The van der Waals surface area contributed by atoms with Gasteiger partial charge < -0.3 is 10.1 Å². The summed E-state index contributed by atoms with van der Waals surface area (Å²) in [6.45, 7) is 5.17. The maximum atomic E-state index is 12.0. The van der Waals surface area contributed by atoms with E-state index < -0.39 is 10.0 Å². The Bertz CT molecular complexity index is 668. The van der Waals surface area contributed by atoms with Gasteiger partial charge in [0.05, 0.1) is 18.1 Å². The molecule has 7 nitrogen and oxygen atoms in total. The Balaban J connectivity index is 1.67. The van der Waals surface area contributed by atoms with Crippen LogP contribution in [-0.4, -0.2) is 77.0 Å². The Morgan fingerprint density at radius 1 is 1.19 bits per heavy atom. The predicted molar refractivity (Wildman–Crippen MR) is 101 cm³/mol. The van der Waals surface area contributed by atoms with Crippen LogP contribution in [0.3, 0.4) is 0 Å². The Hall–Kier alpha value is -1.48. The largest absolute Gasteiger partial charge is 0.379 e. The zero-order valence-electron chi connectivity index (χ0n) is 15.6. The zero-order valence-corrected chi connectivity index (χ0v) is 16.4. The van der Waals surface area contributed by atoms with Gasteiger partial charge in [-0.3, -0.25) is 9.69 Å². The van der Waals surface area contributed by atoms with E-state index in [0.717, 1.165) is 44.8 Å². The lowest BCUT2D eigenvalue weighted by Gasteiger charge is -2.26. The molecule has 1 amide bonds. The number of amides is 1. The van der Waals surface area contributed by atoms with Crippen molar-refractivity contribution in [2.45, 2.75) is 24.2 Å². The quantitative estimate of drug-likeness (QED) is 0.636. The highest BCUT2D eigenvalue weighted by Gasteiger charge is 2.16. The van der Waals surface area contributed by atoms with Gasteiger partial charge in [0.1, 0.15) is 0 Å². The van der Waals surface area contributed by atoms with Gasteiger partial charge in [-0.05, 0) is 37.1 Å². The molecule has 146 valence electrons. The maximum Gasteiger partial charge on any atom is 0.242 e. The van der Waals surface area contributed by atoms with Crippen molar-refractivity contribution in [2.24, 2.45) is 0 Å². The third kappa shape index (κ3) is 6.35. The van der Waals surface area contributed by atoms with Gasteiger partial charge in [-0.25, -0.2) is 12.7 Å². The van der Waals surface area contributed by atoms with Crippen molar-refractivity contribution < 1.29 is 17.9 Å². The van der Waals surface area contributed by atoms with Gasteiger partial charge in [-0.15, -0.1) is 0 Å². The average molecular weight is 384 g/mol. The topological polar surface area (TPSA) is 79.0 Å². The molecule has 1 saturated heterocycles. The molecule has 0 aliphatic carbocycles. The lowest BCUT2D eigenvalue weighted by molar-refractivity contribution is -0.121. The van der Waals surface area contributed by atoms with E-state index in [-0.39, 0.29) is 10.8 Å². The smallest absolute Gasteiger partial charge is 0.242 e. The van der Waals surface area contributed by atoms with E-state index in [1.807, 2.05) is 0 Å². The molecular weight excluding hydrogens is 354 g/mol. The maximum absolute atomic E-state index is 12.0. The Morgan fingerprint density at radius 3 is 2.46 bits per heavy atom. The lowest BCUT2D eigenvalue weighted by atomic mass is 10.1. The number of aryl methyl sites for hydroxylation is 1. The number of carbonyl (C=O) groups is 1. The summed E-state index contributed by atoms with van der Waals surface area (Å²) in [5.41, 5.74) is 0.950. The molecule has 0 saturated carbocycles. The first-order valence-electron chi connectivity index (χ1n) is 8.98. The number of nitrogens with zero attached hydrogens (tertiary/aromatic N) is 2. The van der Waals surface area contributed by atoms with E-state index in [1.165, 1.54) is 18.4 Å². The number of sulfonamides is 1. The van der Waals surface area contributed by atoms with Crippen LogP contribution in [0.15, 0.2) is 29.2 Å². The van der Waals surface area contributed by atoms with Crippen LogP contribution in [0.1, 0.15) is 18.4 Å². The number of benzene rings is 1. The monoisotopic (exact) mass is 383 g/mol. The van der Waals surface area contributed by atoms with E-state index in [1.54, 1.807) is 24.3 Å². The van der Waals surface area contributed by atoms with Gasteiger partial charge in [0.25, 0.3) is 0 Å². The molecular formula is C18H29N3O4S. The van der Waals surface area contributed by atoms with Crippen molar-refractivity contribution >= 4 is 15.9 Å². The standard InChI is InChI=1S/C18H29N3O4S/c1-20(2)26(23,24)17-7-4-16(5-8-17)6-9-18(22)19-10-3-11-21-12-14-25-15-13-21/h4-5,7-8H,3,6,9-15H2,1-2H3,(H,19,22). The van der Waals surface area contributed by atoms with Crippen LogP contribution < -0.4 is 5.32 Å². The zero-order chi connectivity index (χ0) is 19.0. The first kappa shape index (κ1) is 20.8. The molecule has 1 heterocycles. The fourth-order valence-electron chi connectivity index (χ4n) is 2.74. The number of ether oxygens (including phenoxy) is 1. The second kappa shape index (κ2) is 10.0. The molecule has 1 fully saturated rings. The molecule has 1 aromatic carbocycles. The number of rotatable bonds is 9. The molecule has 1 aliphatic heterocycles. The second-order valence-electron chi connectivity index (χ2n) is 6.59. The Labute approximate surface area is 156 Å². The molecule has 1 N–H and O–H groups in total. The number of nitrogens with one attached hydrogen (secondary N) is 1. The molecule has 1 aliphatic rings. The minimum atomic E-state index is -3.41. The first-order valence-corrected chi connectivity index (χ1v) is 10.4.